The van der Waals surface area contributed by atoms with E-state index in [0.717, 1.165) is 11.1 Å². The third-order valence-corrected chi connectivity index (χ3v) is 3.50. The zero-order chi connectivity index (χ0) is 17.7. The maximum Gasteiger partial charge on any atom is 0.513 e. The third-order valence-electron chi connectivity index (χ3n) is 3.50. The Balaban J connectivity index is 2.25. The Labute approximate surface area is 139 Å². The van der Waals surface area contributed by atoms with E-state index >= 15 is 0 Å². The van der Waals surface area contributed by atoms with Crippen LogP contribution in [0.2, 0.25) is 0 Å². The van der Waals surface area contributed by atoms with E-state index in [1.54, 1.807) is 25.1 Å². The highest BCUT2D eigenvalue weighted by Crippen LogP contribution is 2.32. The first-order valence-corrected chi connectivity index (χ1v) is 7.28. The van der Waals surface area contributed by atoms with Gasteiger partial charge in [-0.1, -0.05) is 23.8 Å². The van der Waals surface area contributed by atoms with Gasteiger partial charge in [0, 0.05) is 5.56 Å². The fraction of sp³-hybridized carbons (Fsp3) is 0.278. The van der Waals surface area contributed by atoms with Gasteiger partial charge in [-0.3, -0.25) is 0 Å². The minimum atomic E-state index is -2.64. The van der Waals surface area contributed by atoms with Gasteiger partial charge in [-0.05, 0) is 37.6 Å². The Kier molecular flexibility index (Phi) is 5.73. The number of aryl methyl sites for hydroxylation is 2. The summed E-state index contributed by atoms with van der Waals surface area (Å²) in [5, 5.41) is 0. The third kappa shape index (κ3) is 4.22. The van der Waals surface area contributed by atoms with Crippen molar-refractivity contribution >= 4 is 6.16 Å². The molecule has 0 aliphatic carbocycles. The zero-order valence-corrected chi connectivity index (χ0v) is 13.6. The molecule has 0 unspecified atom stereocenters. The second-order valence-electron chi connectivity index (χ2n) is 5.24. The lowest BCUT2D eigenvalue weighted by atomic mass is 10.1. The molecule has 0 heterocycles. The van der Waals surface area contributed by atoms with Crippen molar-refractivity contribution in [2.24, 2.45) is 0 Å². The molecule has 0 amide bonds. The summed E-state index contributed by atoms with van der Waals surface area (Å²) in [5.41, 5.74) is 1.95. The monoisotopic (exact) mass is 336 g/mol. The van der Waals surface area contributed by atoms with Gasteiger partial charge in [0.1, 0.15) is 18.1 Å². The van der Waals surface area contributed by atoms with Crippen LogP contribution in [0.5, 0.6) is 11.5 Å². The zero-order valence-electron chi connectivity index (χ0n) is 13.6. The molecule has 0 fully saturated rings. The van der Waals surface area contributed by atoms with Crippen molar-refractivity contribution in [3.63, 3.8) is 0 Å². The lowest BCUT2D eigenvalue weighted by Gasteiger charge is -2.15. The van der Waals surface area contributed by atoms with Crippen LogP contribution >= 0.6 is 0 Å². The van der Waals surface area contributed by atoms with E-state index in [9.17, 15) is 13.6 Å². The van der Waals surface area contributed by atoms with Crippen molar-refractivity contribution in [3.8, 4) is 11.5 Å². The van der Waals surface area contributed by atoms with E-state index in [1.165, 1.54) is 19.2 Å². The number of benzene rings is 2. The molecule has 0 saturated heterocycles. The Hall–Kier alpha value is -2.63. The van der Waals surface area contributed by atoms with Gasteiger partial charge in [0.25, 0.3) is 6.43 Å². The summed E-state index contributed by atoms with van der Waals surface area (Å²) in [5.74, 6) is 0.371. The number of carbonyl (C=O) groups excluding carboxylic acids is 1. The summed E-state index contributed by atoms with van der Waals surface area (Å²) < 4.78 is 41.4. The van der Waals surface area contributed by atoms with Gasteiger partial charge in [0.2, 0.25) is 0 Å². The molecule has 24 heavy (non-hydrogen) atoms. The predicted octanol–water partition coefficient (Wildman–Crippen LogP) is 4.97. The Morgan fingerprint density at radius 1 is 1.12 bits per heavy atom. The SMILES string of the molecule is COC(=O)Oc1cccc(C)c1COc1ccc(C)cc1C(F)F. The van der Waals surface area contributed by atoms with E-state index in [0.29, 0.717) is 5.56 Å². The van der Waals surface area contributed by atoms with Crippen LogP contribution in [0.4, 0.5) is 13.6 Å². The van der Waals surface area contributed by atoms with Gasteiger partial charge in [0.15, 0.2) is 0 Å². The number of hydrogen-bond acceptors (Lipinski definition) is 4. The second-order valence-corrected chi connectivity index (χ2v) is 5.24. The normalized spacial score (nSPS) is 10.6. The molecule has 2 aromatic rings. The highest BCUT2D eigenvalue weighted by Gasteiger charge is 2.17. The van der Waals surface area contributed by atoms with Crippen LogP contribution in [0.25, 0.3) is 0 Å². The molecule has 2 rings (SSSR count). The summed E-state index contributed by atoms with van der Waals surface area (Å²) in [6, 6.07) is 9.72. The topological polar surface area (TPSA) is 44.8 Å². The van der Waals surface area contributed by atoms with Crippen molar-refractivity contribution in [1.82, 2.24) is 0 Å². The number of rotatable bonds is 5. The van der Waals surface area contributed by atoms with Crippen LogP contribution in [0.3, 0.4) is 0 Å². The predicted molar refractivity (Wildman–Crippen MR) is 84.7 cm³/mol. The minimum Gasteiger partial charge on any atom is -0.488 e. The number of alkyl halides is 2. The van der Waals surface area contributed by atoms with Gasteiger partial charge < -0.3 is 14.2 Å². The summed E-state index contributed by atoms with van der Waals surface area (Å²) in [6.07, 6.45) is -3.49. The summed E-state index contributed by atoms with van der Waals surface area (Å²) in [6.45, 7) is 3.53. The van der Waals surface area contributed by atoms with Gasteiger partial charge in [-0.2, -0.15) is 0 Å². The lowest BCUT2D eigenvalue weighted by molar-refractivity contribution is 0.120. The van der Waals surface area contributed by atoms with E-state index in [4.69, 9.17) is 9.47 Å². The Morgan fingerprint density at radius 3 is 2.54 bits per heavy atom. The van der Waals surface area contributed by atoms with Gasteiger partial charge >= 0.3 is 6.16 Å². The first-order chi connectivity index (χ1) is 11.4. The number of hydrogen-bond donors (Lipinski definition) is 0. The molecule has 0 saturated carbocycles. The van der Waals surface area contributed by atoms with Gasteiger partial charge in [-0.25, -0.2) is 13.6 Å². The fourth-order valence-electron chi connectivity index (χ4n) is 2.21. The van der Waals surface area contributed by atoms with Crippen LogP contribution in [0, 0.1) is 13.8 Å². The molecule has 0 N–H and O–H groups in total. The van der Waals surface area contributed by atoms with E-state index in [2.05, 4.69) is 4.74 Å². The molecule has 4 nitrogen and oxygen atoms in total. The van der Waals surface area contributed by atoms with Crippen LogP contribution in [-0.2, 0) is 11.3 Å². The second kappa shape index (κ2) is 7.77. The number of carbonyl (C=O) groups is 1. The van der Waals surface area contributed by atoms with Crippen molar-refractivity contribution in [2.45, 2.75) is 26.9 Å². The Bertz CT molecular complexity index is 729. The van der Waals surface area contributed by atoms with Crippen molar-refractivity contribution in [1.29, 1.82) is 0 Å². The molecular formula is C18H18F2O4. The quantitative estimate of drug-likeness (QED) is 0.571. The molecule has 0 aliphatic heterocycles. The van der Waals surface area contributed by atoms with E-state index in [1.807, 2.05) is 13.0 Å². The average Bonchev–Trinajstić information content (AvgIpc) is 2.55. The first-order valence-electron chi connectivity index (χ1n) is 7.28. The smallest absolute Gasteiger partial charge is 0.488 e. The highest BCUT2D eigenvalue weighted by atomic mass is 19.3. The minimum absolute atomic E-state index is 0.0121. The fourth-order valence-corrected chi connectivity index (χ4v) is 2.21. The summed E-state index contributed by atoms with van der Waals surface area (Å²) in [4.78, 5) is 11.3. The molecule has 0 spiro atoms. The molecule has 0 atom stereocenters. The van der Waals surface area contributed by atoms with Crippen molar-refractivity contribution in [3.05, 3.63) is 58.7 Å². The molecule has 0 bridgehead atoms. The van der Waals surface area contributed by atoms with Gasteiger partial charge in [0.05, 0.1) is 12.7 Å². The first kappa shape index (κ1) is 17.7. The average molecular weight is 336 g/mol. The van der Waals surface area contributed by atoms with Crippen LogP contribution in [-0.4, -0.2) is 13.3 Å². The standard InChI is InChI=1S/C18H18F2O4/c1-11-7-8-15(13(9-11)17(19)20)23-10-14-12(2)5-4-6-16(14)24-18(21)22-3/h4-9,17H,10H2,1-3H3. The maximum atomic E-state index is 13.1. The highest BCUT2D eigenvalue weighted by molar-refractivity contribution is 5.64. The molecule has 128 valence electrons. The lowest BCUT2D eigenvalue weighted by Crippen LogP contribution is -2.11. The number of ether oxygens (including phenoxy) is 3. The van der Waals surface area contributed by atoms with Crippen LogP contribution in [0.15, 0.2) is 36.4 Å². The molecule has 0 aromatic heterocycles. The molecule has 0 radical (unpaired) electrons. The molecule has 6 heteroatoms. The van der Waals surface area contributed by atoms with Crippen molar-refractivity contribution < 1.29 is 27.8 Å². The maximum absolute atomic E-state index is 13.1. The van der Waals surface area contributed by atoms with Crippen LogP contribution in [0.1, 0.15) is 28.7 Å². The van der Waals surface area contributed by atoms with Crippen molar-refractivity contribution in [2.75, 3.05) is 7.11 Å². The molecular weight excluding hydrogens is 318 g/mol. The van der Waals surface area contributed by atoms with Gasteiger partial charge in [-0.15, -0.1) is 0 Å². The summed E-state index contributed by atoms with van der Waals surface area (Å²) in [7, 11) is 1.20. The summed E-state index contributed by atoms with van der Waals surface area (Å²) >= 11 is 0. The molecule has 0 aliphatic rings. The molecule has 2 aromatic carbocycles. The number of methoxy groups -OCH3 is 1. The van der Waals surface area contributed by atoms with E-state index in [-0.39, 0.29) is 23.7 Å². The van der Waals surface area contributed by atoms with E-state index < -0.39 is 12.6 Å². The number of halogens is 2. The largest absolute Gasteiger partial charge is 0.513 e. The van der Waals surface area contributed by atoms with Crippen LogP contribution < -0.4 is 9.47 Å². The Morgan fingerprint density at radius 2 is 1.88 bits per heavy atom.